The van der Waals surface area contributed by atoms with Gasteiger partial charge in [0, 0.05) is 22.1 Å². The van der Waals surface area contributed by atoms with Crippen LogP contribution in [0, 0.1) is 0 Å². The summed E-state index contributed by atoms with van der Waals surface area (Å²) in [6.45, 7) is 4.80. The highest BCUT2D eigenvalue weighted by atomic mass is 14.9. The standard InChI is InChI=1S/C70H48N2/c1-69(2)66-52-30-13-12-21-45(52)39-40-58(66)57-35-19-34-53(67(57)69)48-25-18-24-47(43-48)51-41-42-56(55-32-15-14-31-54(51)55)63-44-64(72-68(71-63)46-22-6-3-7-23-46)60-36-20-38-62-65(60)59-33-16-17-37-61(59)70(62,49-26-8-4-9-27-49)50-28-10-5-11-29-50/h3-44H,1-2H3. The van der Waals surface area contributed by atoms with Crippen LogP contribution in [-0.2, 0) is 10.8 Å². The van der Waals surface area contributed by atoms with Crippen LogP contribution in [0.15, 0.2) is 255 Å². The van der Waals surface area contributed by atoms with Gasteiger partial charge in [0.05, 0.1) is 16.8 Å². The molecule has 0 saturated heterocycles. The van der Waals surface area contributed by atoms with Crippen molar-refractivity contribution in [2.24, 2.45) is 0 Å². The third-order valence-electron chi connectivity index (χ3n) is 15.7. The molecule has 0 amide bonds. The van der Waals surface area contributed by atoms with E-state index < -0.39 is 5.41 Å². The molecule has 0 saturated carbocycles. The third-order valence-corrected chi connectivity index (χ3v) is 15.7. The second kappa shape index (κ2) is 16.3. The maximum absolute atomic E-state index is 5.48. The zero-order chi connectivity index (χ0) is 48.0. The molecule has 2 aliphatic rings. The second-order valence-corrected chi connectivity index (χ2v) is 19.9. The molecule has 2 nitrogen and oxygen atoms in total. The number of hydrogen-bond acceptors (Lipinski definition) is 2. The minimum absolute atomic E-state index is 0.183. The zero-order valence-corrected chi connectivity index (χ0v) is 40.1. The van der Waals surface area contributed by atoms with E-state index >= 15 is 0 Å². The van der Waals surface area contributed by atoms with Crippen molar-refractivity contribution < 1.29 is 0 Å². The number of hydrogen-bond donors (Lipinski definition) is 0. The summed E-state index contributed by atoms with van der Waals surface area (Å²) in [5.74, 6) is 0.693. The average Bonchev–Trinajstić information content (AvgIpc) is 3.89. The normalized spacial score (nSPS) is 13.6. The van der Waals surface area contributed by atoms with E-state index in [0.29, 0.717) is 5.82 Å². The molecular formula is C70H48N2. The lowest BCUT2D eigenvalue weighted by molar-refractivity contribution is 0.668. The van der Waals surface area contributed by atoms with Crippen molar-refractivity contribution >= 4 is 21.5 Å². The Morgan fingerprint density at radius 2 is 0.792 bits per heavy atom. The number of benzene rings is 11. The summed E-state index contributed by atoms with van der Waals surface area (Å²) in [4.78, 5) is 10.9. The van der Waals surface area contributed by atoms with Crippen LogP contribution in [0.5, 0.6) is 0 Å². The molecule has 338 valence electrons. The molecule has 11 aromatic carbocycles. The lowest BCUT2D eigenvalue weighted by Gasteiger charge is -2.33. The second-order valence-electron chi connectivity index (χ2n) is 19.9. The third kappa shape index (κ3) is 6.22. The summed E-state index contributed by atoms with van der Waals surface area (Å²) in [6, 6.07) is 93.2. The molecule has 2 aliphatic carbocycles. The van der Waals surface area contributed by atoms with Crippen LogP contribution in [0.2, 0.25) is 0 Å². The van der Waals surface area contributed by atoms with Crippen LogP contribution in [0.3, 0.4) is 0 Å². The molecule has 0 spiro atoms. The molecule has 0 N–H and O–H groups in total. The predicted octanol–water partition coefficient (Wildman–Crippen LogP) is 17.8. The number of rotatable bonds is 7. The van der Waals surface area contributed by atoms with Crippen molar-refractivity contribution in [2.45, 2.75) is 24.7 Å². The Morgan fingerprint density at radius 1 is 0.306 bits per heavy atom. The minimum Gasteiger partial charge on any atom is -0.228 e. The molecule has 2 heteroatoms. The Balaban J connectivity index is 0.931. The highest BCUT2D eigenvalue weighted by Gasteiger charge is 2.47. The lowest BCUT2D eigenvalue weighted by atomic mass is 9.67. The first-order valence-electron chi connectivity index (χ1n) is 25.1. The van der Waals surface area contributed by atoms with Gasteiger partial charge in [-0.25, -0.2) is 9.97 Å². The Bertz CT molecular complexity index is 4070. The molecule has 0 atom stereocenters. The van der Waals surface area contributed by atoms with Crippen LogP contribution in [0.4, 0.5) is 0 Å². The van der Waals surface area contributed by atoms with Gasteiger partial charge in [-0.2, -0.15) is 0 Å². The van der Waals surface area contributed by atoms with Gasteiger partial charge in [-0.05, 0) is 112 Å². The van der Waals surface area contributed by atoms with Crippen molar-refractivity contribution in [2.75, 3.05) is 0 Å². The van der Waals surface area contributed by atoms with Crippen LogP contribution in [-0.4, -0.2) is 9.97 Å². The van der Waals surface area contributed by atoms with Gasteiger partial charge < -0.3 is 0 Å². The monoisotopic (exact) mass is 916 g/mol. The van der Waals surface area contributed by atoms with Crippen molar-refractivity contribution in [1.82, 2.24) is 9.97 Å². The molecule has 0 unspecified atom stereocenters. The largest absolute Gasteiger partial charge is 0.228 e. The fraction of sp³-hybridized carbons (Fsp3) is 0.0571. The Labute approximate surface area is 420 Å². The van der Waals surface area contributed by atoms with Gasteiger partial charge in [0.2, 0.25) is 0 Å². The Morgan fingerprint density at radius 3 is 1.54 bits per heavy atom. The van der Waals surface area contributed by atoms with E-state index in [1.54, 1.807) is 0 Å². The fourth-order valence-electron chi connectivity index (χ4n) is 12.8. The SMILES string of the molecule is CC1(C)c2c(-c3cccc(-c4ccc(-c5cc(-c6cccc7c6-c6ccccc6C7(c6ccccc6)c6ccccc6)nc(-c6ccccc6)n5)c5ccccc45)c3)cccc2-c2ccc3ccccc3c21. The summed E-state index contributed by atoms with van der Waals surface area (Å²) >= 11 is 0. The number of aromatic nitrogens is 2. The molecule has 1 heterocycles. The van der Waals surface area contributed by atoms with Crippen molar-refractivity contribution in [3.05, 3.63) is 288 Å². The molecule has 12 aromatic rings. The molecule has 0 radical (unpaired) electrons. The van der Waals surface area contributed by atoms with Gasteiger partial charge in [0.15, 0.2) is 5.82 Å². The summed E-state index contributed by atoms with van der Waals surface area (Å²) < 4.78 is 0. The van der Waals surface area contributed by atoms with E-state index in [2.05, 4.69) is 269 Å². The van der Waals surface area contributed by atoms with Crippen molar-refractivity contribution in [1.29, 1.82) is 0 Å². The van der Waals surface area contributed by atoms with E-state index in [1.807, 2.05) is 0 Å². The highest BCUT2D eigenvalue weighted by molar-refractivity contribution is 6.06. The van der Waals surface area contributed by atoms with Gasteiger partial charge >= 0.3 is 0 Å². The maximum Gasteiger partial charge on any atom is 0.160 e. The van der Waals surface area contributed by atoms with Gasteiger partial charge in [0.1, 0.15) is 0 Å². The molecule has 0 aliphatic heterocycles. The summed E-state index contributed by atoms with van der Waals surface area (Å²) in [6.07, 6.45) is 0. The first-order chi connectivity index (χ1) is 35.5. The topological polar surface area (TPSA) is 25.8 Å². The van der Waals surface area contributed by atoms with Crippen LogP contribution < -0.4 is 0 Å². The summed E-state index contributed by atoms with van der Waals surface area (Å²) in [5, 5.41) is 4.94. The quantitative estimate of drug-likeness (QED) is 0.159. The van der Waals surface area contributed by atoms with Gasteiger partial charge in [-0.1, -0.05) is 257 Å². The molecular weight excluding hydrogens is 869 g/mol. The summed E-state index contributed by atoms with van der Waals surface area (Å²) in [5.41, 5.74) is 21.9. The Hall–Kier alpha value is -8.98. The van der Waals surface area contributed by atoms with Crippen molar-refractivity contribution in [3.8, 4) is 78.4 Å². The van der Waals surface area contributed by atoms with Crippen LogP contribution in [0.1, 0.15) is 47.2 Å². The average molecular weight is 917 g/mol. The Kier molecular flexibility index (Phi) is 9.50. The minimum atomic E-state index is -0.525. The van der Waals surface area contributed by atoms with E-state index in [4.69, 9.17) is 9.97 Å². The molecule has 14 rings (SSSR count). The highest BCUT2D eigenvalue weighted by Crippen LogP contribution is 2.59. The molecule has 72 heavy (non-hydrogen) atoms. The van der Waals surface area contributed by atoms with E-state index in [1.165, 1.54) is 94.0 Å². The smallest absolute Gasteiger partial charge is 0.160 e. The predicted molar refractivity (Wildman–Crippen MR) is 299 cm³/mol. The molecule has 1 aromatic heterocycles. The van der Waals surface area contributed by atoms with Gasteiger partial charge in [-0.3, -0.25) is 0 Å². The number of nitrogens with zero attached hydrogens (tertiary/aromatic N) is 2. The van der Waals surface area contributed by atoms with E-state index in [9.17, 15) is 0 Å². The van der Waals surface area contributed by atoms with Crippen LogP contribution in [0.25, 0.3) is 100.0 Å². The first kappa shape index (κ1) is 41.9. The fourth-order valence-corrected chi connectivity index (χ4v) is 12.8. The zero-order valence-electron chi connectivity index (χ0n) is 40.1. The van der Waals surface area contributed by atoms with Crippen molar-refractivity contribution in [3.63, 3.8) is 0 Å². The lowest BCUT2D eigenvalue weighted by Crippen LogP contribution is -2.28. The van der Waals surface area contributed by atoms with Gasteiger partial charge in [-0.15, -0.1) is 0 Å². The maximum atomic E-state index is 5.48. The molecule has 0 bridgehead atoms. The first-order valence-corrected chi connectivity index (χ1v) is 25.1. The number of fused-ring (bicyclic) bond motifs is 9. The van der Waals surface area contributed by atoms with E-state index in [0.717, 1.165) is 33.5 Å². The van der Waals surface area contributed by atoms with E-state index in [-0.39, 0.29) is 5.41 Å². The molecule has 0 fully saturated rings. The summed E-state index contributed by atoms with van der Waals surface area (Å²) in [7, 11) is 0. The van der Waals surface area contributed by atoms with Gasteiger partial charge in [0.25, 0.3) is 0 Å². The van der Waals surface area contributed by atoms with Crippen LogP contribution >= 0.6 is 0 Å².